The molecule has 1 spiro atoms. The molecular formula is C31H26BrClFN3O4. The number of carboxylic acids is 1. The van der Waals surface area contributed by atoms with Gasteiger partial charge in [-0.05, 0) is 73.2 Å². The Bertz CT molecular complexity index is 1610. The van der Waals surface area contributed by atoms with Gasteiger partial charge in [-0.3, -0.25) is 14.5 Å². The Balaban J connectivity index is 1.43. The highest BCUT2D eigenvalue weighted by Gasteiger charge is 2.70. The highest BCUT2D eigenvalue weighted by Crippen LogP contribution is 2.62. The molecule has 1 saturated carbocycles. The maximum absolute atomic E-state index is 16.0. The Morgan fingerprint density at radius 3 is 2.56 bits per heavy atom. The molecule has 0 bridgehead atoms. The summed E-state index contributed by atoms with van der Waals surface area (Å²) in [5.74, 6) is -3.35. The number of fused-ring (bicyclic) bond motifs is 3. The number of carbonyl (C=O) groups excluding carboxylic acids is 2. The first kappa shape index (κ1) is 26.6. The van der Waals surface area contributed by atoms with Gasteiger partial charge in [0.05, 0.1) is 16.5 Å². The lowest BCUT2D eigenvalue weighted by atomic mass is 9.70. The summed E-state index contributed by atoms with van der Waals surface area (Å²) in [6.07, 6.45) is 2.67. The fourth-order valence-corrected chi connectivity index (χ4v) is 7.82. The fourth-order valence-electron chi connectivity index (χ4n) is 7.27. The lowest BCUT2D eigenvalue weighted by Crippen LogP contribution is -2.54. The first-order valence-corrected chi connectivity index (χ1v) is 14.9. The van der Waals surface area contributed by atoms with Gasteiger partial charge in [0.1, 0.15) is 11.4 Å². The van der Waals surface area contributed by atoms with Gasteiger partial charge in [0.2, 0.25) is 11.8 Å². The summed E-state index contributed by atoms with van der Waals surface area (Å²) in [4.78, 5) is 44.2. The summed E-state index contributed by atoms with van der Waals surface area (Å²) in [6.45, 7) is 1.02. The molecule has 10 heteroatoms. The van der Waals surface area contributed by atoms with Crippen LogP contribution in [-0.2, 0) is 15.1 Å². The van der Waals surface area contributed by atoms with Gasteiger partial charge >= 0.3 is 5.97 Å². The maximum atomic E-state index is 16.0. The van der Waals surface area contributed by atoms with Crippen LogP contribution in [0.5, 0.6) is 0 Å². The van der Waals surface area contributed by atoms with E-state index in [9.17, 15) is 19.5 Å². The monoisotopic (exact) mass is 637 g/mol. The van der Waals surface area contributed by atoms with Gasteiger partial charge in [-0.1, -0.05) is 45.7 Å². The van der Waals surface area contributed by atoms with Crippen LogP contribution in [0.1, 0.15) is 46.7 Å². The minimum Gasteiger partial charge on any atom is -0.478 e. The van der Waals surface area contributed by atoms with Gasteiger partial charge in [0, 0.05) is 46.5 Å². The number of benzene rings is 3. The molecular weight excluding hydrogens is 613 g/mol. The Hall–Kier alpha value is -3.27. The predicted octanol–water partition coefficient (Wildman–Crippen LogP) is 6.02. The molecule has 7 nitrogen and oxygen atoms in total. The van der Waals surface area contributed by atoms with E-state index in [0.29, 0.717) is 36.8 Å². The third-order valence-electron chi connectivity index (χ3n) is 9.16. The molecule has 3 aromatic rings. The number of nitrogens with one attached hydrogen (secondary N) is 1. The van der Waals surface area contributed by atoms with Crippen LogP contribution in [0.25, 0.3) is 0 Å². The molecule has 2 saturated heterocycles. The number of hydrogen-bond donors (Lipinski definition) is 2. The van der Waals surface area contributed by atoms with Crippen LogP contribution in [-0.4, -0.2) is 46.9 Å². The van der Waals surface area contributed by atoms with Crippen LogP contribution in [0, 0.1) is 17.7 Å². The minimum atomic E-state index is -1.31. The fraction of sp³-hybridized carbons (Fsp3) is 0.323. The van der Waals surface area contributed by atoms with E-state index in [-0.39, 0.29) is 34.0 Å². The molecule has 0 aromatic heterocycles. The Kier molecular flexibility index (Phi) is 6.26. The quantitative estimate of drug-likeness (QED) is 0.357. The number of likely N-dealkylation sites (tertiary alicyclic amines) is 1. The summed E-state index contributed by atoms with van der Waals surface area (Å²) >= 11 is 9.82. The molecule has 2 amide bonds. The molecule has 3 aliphatic heterocycles. The summed E-state index contributed by atoms with van der Waals surface area (Å²) < 4.78 is 16.8. The van der Waals surface area contributed by atoms with Gasteiger partial charge in [0.25, 0.3) is 0 Å². The third-order valence-corrected chi connectivity index (χ3v) is 9.94. The zero-order valence-electron chi connectivity index (χ0n) is 21.8. The van der Waals surface area contributed by atoms with Crippen molar-refractivity contribution in [1.29, 1.82) is 0 Å². The minimum absolute atomic E-state index is 0.0614. The summed E-state index contributed by atoms with van der Waals surface area (Å²) in [7, 11) is 0. The van der Waals surface area contributed by atoms with Crippen LogP contribution < -0.4 is 10.2 Å². The number of piperidine rings is 1. The second-order valence-electron chi connectivity index (χ2n) is 11.4. The second kappa shape index (κ2) is 9.64. The number of hydrogen-bond acceptors (Lipinski definition) is 4. The number of halogens is 3. The van der Waals surface area contributed by atoms with Crippen molar-refractivity contribution in [1.82, 2.24) is 4.90 Å². The first-order chi connectivity index (χ1) is 19.7. The van der Waals surface area contributed by atoms with Gasteiger partial charge < -0.3 is 15.3 Å². The smallest absolute Gasteiger partial charge is 0.335 e. The molecule has 3 aromatic carbocycles. The van der Waals surface area contributed by atoms with E-state index in [1.807, 2.05) is 18.2 Å². The SMILES string of the molecule is O=C(O)c1ccc(N2CC[C@H]3[C@@H](C2=O)[C@H](c2cccc(Cl)c2F)[C@]2(C(=O)Nc4cc(Br)ccc42)N3CC2CC2)cc1. The standard InChI is InChI=1S/C31H26BrClFN3O4/c32-18-8-11-21-23(14-18)35-30(41)31(21)26(20-2-1-3-22(33)27(20)34)25-24(37(31)15-16-4-5-16)12-13-36(28(25)38)19-9-6-17(7-10-19)29(39)40/h1-3,6-11,14,16,24-26H,4-5,12-13,15H2,(H,35,41)(H,39,40)/t24-,25+,26-,31+/m0/s1. The molecule has 4 aliphatic rings. The number of amides is 2. The molecule has 3 heterocycles. The zero-order valence-corrected chi connectivity index (χ0v) is 24.2. The van der Waals surface area contributed by atoms with E-state index in [0.717, 1.165) is 22.9 Å². The van der Waals surface area contributed by atoms with Crippen LogP contribution in [0.2, 0.25) is 5.02 Å². The summed E-state index contributed by atoms with van der Waals surface area (Å²) in [5.41, 5.74) is 1.00. The van der Waals surface area contributed by atoms with Gasteiger partial charge in [-0.25, -0.2) is 9.18 Å². The van der Waals surface area contributed by atoms with Gasteiger partial charge in [-0.2, -0.15) is 0 Å². The average Bonchev–Trinajstić information content (AvgIpc) is 3.67. The first-order valence-electron chi connectivity index (χ1n) is 13.7. The number of carboxylic acid groups (broad SMARTS) is 1. The lowest BCUT2D eigenvalue weighted by molar-refractivity contribution is -0.128. The van der Waals surface area contributed by atoms with Crippen molar-refractivity contribution in [2.75, 3.05) is 23.3 Å². The zero-order chi connectivity index (χ0) is 28.6. The van der Waals surface area contributed by atoms with Crippen LogP contribution in [0.3, 0.4) is 0 Å². The lowest BCUT2D eigenvalue weighted by Gasteiger charge is -2.40. The van der Waals surface area contributed by atoms with Crippen molar-refractivity contribution in [2.24, 2.45) is 11.8 Å². The van der Waals surface area contributed by atoms with Crippen molar-refractivity contribution in [3.63, 3.8) is 0 Å². The number of aromatic carboxylic acids is 1. The van der Waals surface area contributed by atoms with Crippen molar-refractivity contribution in [3.8, 4) is 0 Å². The average molecular weight is 639 g/mol. The normalized spacial score (nSPS) is 27.2. The molecule has 41 heavy (non-hydrogen) atoms. The van der Waals surface area contributed by atoms with Crippen LogP contribution in [0.4, 0.5) is 15.8 Å². The molecule has 0 radical (unpaired) electrons. The molecule has 7 rings (SSSR count). The number of rotatable bonds is 5. The topological polar surface area (TPSA) is 90.0 Å². The van der Waals surface area contributed by atoms with Crippen molar-refractivity contribution < 1.29 is 23.9 Å². The van der Waals surface area contributed by atoms with Gasteiger partial charge in [-0.15, -0.1) is 0 Å². The van der Waals surface area contributed by atoms with Crippen molar-refractivity contribution in [2.45, 2.75) is 36.8 Å². The number of anilines is 2. The molecule has 4 atom stereocenters. The van der Waals surface area contributed by atoms with E-state index in [1.54, 1.807) is 29.2 Å². The number of nitrogens with zero attached hydrogens (tertiary/aromatic N) is 2. The van der Waals surface area contributed by atoms with Crippen LogP contribution in [0.15, 0.2) is 65.1 Å². The van der Waals surface area contributed by atoms with Crippen LogP contribution >= 0.6 is 27.5 Å². The molecule has 210 valence electrons. The van der Waals surface area contributed by atoms with E-state index >= 15 is 4.39 Å². The van der Waals surface area contributed by atoms with Crippen molar-refractivity contribution >= 4 is 56.7 Å². The molecule has 2 N–H and O–H groups in total. The molecule has 3 fully saturated rings. The highest BCUT2D eigenvalue weighted by molar-refractivity contribution is 9.10. The van der Waals surface area contributed by atoms with Gasteiger partial charge in [0.15, 0.2) is 0 Å². The molecule has 0 unspecified atom stereocenters. The predicted molar refractivity (Wildman–Crippen MR) is 156 cm³/mol. The largest absolute Gasteiger partial charge is 0.478 e. The van der Waals surface area contributed by atoms with E-state index in [2.05, 4.69) is 26.1 Å². The number of carbonyl (C=O) groups is 3. The maximum Gasteiger partial charge on any atom is 0.335 e. The Morgan fingerprint density at radius 2 is 1.85 bits per heavy atom. The van der Waals surface area contributed by atoms with E-state index in [1.165, 1.54) is 18.2 Å². The van der Waals surface area contributed by atoms with Crippen molar-refractivity contribution in [3.05, 3.63) is 92.7 Å². The Morgan fingerprint density at radius 1 is 1.10 bits per heavy atom. The third kappa shape index (κ3) is 3.96. The van der Waals surface area contributed by atoms with E-state index in [4.69, 9.17) is 11.6 Å². The highest BCUT2D eigenvalue weighted by atomic mass is 79.9. The molecule has 1 aliphatic carbocycles. The second-order valence-corrected chi connectivity index (χ2v) is 12.7. The summed E-state index contributed by atoms with van der Waals surface area (Å²) in [6, 6.07) is 16.3. The summed E-state index contributed by atoms with van der Waals surface area (Å²) in [5, 5.41) is 12.3. The Labute approximate surface area is 249 Å². The van der Waals surface area contributed by atoms with E-state index < -0.39 is 29.2 Å².